The quantitative estimate of drug-likeness (QED) is 0.684. The summed E-state index contributed by atoms with van der Waals surface area (Å²) in [6.07, 6.45) is -3.96. The monoisotopic (exact) mass is 409 g/mol. The van der Waals surface area contributed by atoms with Gasteiger partial charge in [0.05, 0.1) is 25.8 Å². The molecule has 1 amide bonds. The second kappa shape index (κ2) is 8.71. The number of carbonyl (C=O) groups excluding carboxylic acids is 1. The third-order valence-corrected chi connectivity index (χ3v) is 4.76. The zero-order valence-electron chi connectivity index (χ0n) is 16.0. The van der Waals surface area contributed by atoms with Crippen LogP contribution in [0.5, 0.6) is 11.5 Å². The third kappa shape index (κ3) is 4.99. The van der Waals surface area contributed by atoms with E-state index in [1.165, 1.54) is 6.07 Å². The molecule has 2 unspecified atom stereocenters. The van der Waals surface area contributed by atoms with Gasteiger partial charge in [-0.2, -0.15) is 13.2 Å². The van der Waals surface area contributed by atoms with Gasteiger partial charge in [-0.1, -0.05) is 18.2 Å². The summed E-state index contributed by atoms with van der Waals surface area (Å²) in [5, 5.41) is 2.68. The number of alkyl halides is 3. The highest BCUT2D eigenvalue weighted by atomic mass is 19.4. The van der Waals surface area contributed by atoms with Crippen LogP contribution in [-0.2, 0) is 17.5 Å². The lowest BCUT2D eigenvalue weighted by Gasteiger charge is -2.15. The smallest absolute Gasteiger partial charge is 0.416 e. The van der Waals surface area contributed by atoms with E-state index in [2.05, 4.69) is 16.2 Å². The second-order valence-corrected chi connectivity index (χ2v) is 6.65. The van der Waals surface area contributed by atoms with E-state index in [9.17, 15) is 18.0 Å². The van der Waals surface area contributed by atoms with Crippen molar-refractivity contribution in [3.8, 4) is 11.5 Å². The van der Waals surface area contributed by atoms with Crippen molar-refractivity contribution < 1.29 is 27.4 Å². The molecular formula is C20H22F3N3O3. The molecule has 0 aliphatic carbocycles. The van der Waals surface area contributed by atoms with Gasteiger partial charge < -0.3 is 14.8 Å². The topological polar surface area (TPSA) is 71.6 Å². The maximum Gasteiger partial charge on any atom is 0.416 e. The molecule has 2 aromatic carbocycles. The Morgan fingerprint density at radius 2 is 1.93 bits per heavy atom. The first-order valence-corrected chi connectivity index (χ1v) is 8.98. The number of nitrogens with one attached hydrogen (secondary N) is 3. The summed E-state index contributed by atoms with van der Waals surface area (Å²) in [5.41, 5.74) is 6.50. The average molecular weight is 409 g/mol. The summed E-state index contributed by atoms with van der Waals surface area (Å²) in [4.78, 5) is 12.4. The molecule has 0 aromatic heterocycles. The lowest BCUT2D eigenvalue weighted by Crippen LogP contribution is -2.42. The fraction of sp³-hybridized carbons (Fsp3) is 0.350. The number of hydrogen-bond acceptors (Lipinski definition) is 5. The van der Waals surface area contributed by atoms with Crippen LogP contribution in [0.4, 0.5) is 13.2 Å². The van der Waals surface area contributed by atoms with E-state index in [1.54, 1.807) is 32.4 Å². The minimum atomic E-state index is -4.42. The first-order valence-electron chi connectivity index (χ1n) is 8.98. The highest BCUT2D eigenvalue weighted by molar-refractivity contribution is 5.82. The predicted molar refractivity (Wildman–Crippen MR) is 100 cm³/mol. The Labute approximate surface area is 166 Å². The van der Waals surface area contributed by atoms with Crippen molar-refractivity contribution in [1.29, 1.82) is 0 Å². The van der Waals surface area contributed by atoms with Crippen LogP contribution < -0.4 is 25.6 Å². The summed E-state index contributed by atoms with van der Waals surface area (Å²) in [6, 6.07) is 9.63. The van der Waals surface area contributed by atoms with Crippen LogP contribution in [0.3, 0.4) is 0 Å². The highest BCUT2D eigenvalue weighted by Crippen LogP contribution is 2.33. The van der Waals surface area contributed by atoms with Crippen molar-refractivity contribution >= 4 is 5.91 Å². The van der Waals surface area contributed by atoms with E-state index in [0.717, 1.165) is 17.7 Å². The molecule has 3 N–H and O–H groups in total. The molecule has 2 aromatic rings. The minimum absolute atomic E-state index is 0.0114. The number of methoxy groups -OCH3 is 2. The molecule has 29 heavy (non-hydrogen) atoms. The number of rotatable bonds is 6. The molecule has 0 saturated carbocycles. The Kier molecular flexibility index (Phi) is 6.29. The fourth-order valence-corrected chi connectivity index (χ4v) is 3.21. The summed E-state index contributed by atoms with van der Waals surface area (Å²) >= 11 is 0. The molecular weight excluding hydrogens is 387 g/mol. The molecule has 1 heterocycles. The molecule has 1 aliphatic rings. The maximum absolute atomic E-state index is 12.8. The zero-order valence-corrected chi connectivity index (χ0v) is 16.0. The molecule has 1 saturated heterocycles. The normalized spacial score (nSPS) is 19.1. The van der Waals surface area contributed by atoms with Gasteiger partial charge in [0, 0.05) is 18.2 Å². The van der Waals surface area contributed by atoms with Gasteiger partial charge in [0.25, 0.3) is 0 Å². The van der Waals surface area contributed by atoms with Crippen LogP contribution in [0, 0.1) is 0 Å². The number of hydrazine groups is 1. The third-order valence-electron chi connectivity index (χ3n) is 4.76. The van der Waals surface area contributed by atoms with Gasteiger partial charge in [0.1, 0.15) is 17.5 Å². The molecule has 9 heteroatoms. The molecule has 3 rings (SSSR count). The van der Waals surface area contributed by atoms with Crippen LogP contribution in [0.25, 0.3) is 0 Å². The van der Waals surface area contributed by atoms with Gasteiger partial charge in [-0.25, -0.2) is 10.9 Å². The molecule has 2 atom stereocenters. The maximum atomic E-state index is 12.8. The van der Waals surface area contributed by atoms with E-state index in [4.69, 9.17) is 9.47 Å². The van der Waals surface area contributed by atoms with Crippen molar-refractivity contribution in [2.75, 3.05) is 14.2 Å². The number of ether oxygens (including phenoxy) is 2. The Bertz CT molecular complexity index is 874. The van der Waals surface area contributed by atoms with E-state index in [1.807, 2.05) is 6.07 Å². The summed E-state index contributed by atoms with van der Waals surface area (Å²) in [6.45, 7) is 0.0114. The van der Waals surface area contributed by atoms with Gasteiger partial charge in [-0.3, -0.25) is 4.79 Å². The lowest BCUT2D eigenvalue weighted by molar-refractivity contribution is -0.137. The number of benzene rings is 2. The minimum Gasteiger partial charge on any atom is -0.497 e. The zero-order chi connectivity index (χ0) is 21.0. The Morgan fingerprint density at radius 3 is 2.62 bits per heavy atom. The Balaban J connectivity index is 1.60. The summed E-state index contributed by atoms with van der Waals surface area (Å²) in [5.74, 6) is 0.991. The van der Waals surface area contributed by atoms with Crippen LogP contribution in [0.2, 0.25) is 0 Å². The van der Waals surface area contributed by atoms with Crippen LogP contribution in [0.1, 0.15) is 29.2 Å². The predicted octanol–water partition coefficient (Wildman–Crippen LogP) is 2.95. The van der Waals surface area contributed by atoms with Gasteiger partial charge in [-0.15, -0.1) is 0 Å². The van der Waals surface area contributed by atoms with Crippen molar-refractivity contribution in [2.45, 2.75) is 31.2 Å². The first-order chi connectivity index (χ1) is 13.8. The molecule has 0 bridgehead atoms. The van der Waals surface area contributed by atoms with E-state index >= 15 is 0 Å². The van der Waals surface area contributed by atoms with Gasteiger partial charge in [0.2, 0.25) is 5.91 Å². The number of halogens is 3. The highest BCUT2D eigenvalue weighted by Gasteiger charge is 2.32. The van der Waals surface area contributed by atoms with Crippen molar-refractivity contribution in [3.05, 3.63) is 59.2 Å². The van der Waals surface area contributed by atoms with E-state index in [0.29, 0.717) is 23.5 Å². The summed E-state index contributed by atoms with van der Waals surface area (Å²) in [7, 11) is 3.12. The number of carbonyl (C=O) groups is 1. The standard InChI is InChI=1S/C20H22F3N3O3/c1-28-14-6-7-15(18(9-14)29-2)16-10-17(26-25-16)19(27)24-11-12-4-3-5-13(8-12)20(21,22)23/h3-9,16-17,25-26H,10-11H2,1-2H3,(H,24,27). The van der Waals surface area contributed by atoms with Gasteiger partial charge in [-0.05, 0) is 30.2 Å². The van der Waals surface area contributed by atoms with Crippen LogP contribution in [-0.4, -0.2) is 26.2 Å². The molecule has 0 spiro atoms. The van der Waals surface area contributed by atoms with Crippen molar-refractivity contribution in [3.63, 3.8) is 0 Å². The van der Waals surface area contributed by atoms with Gasteiger partial charge >= 0.3 is 6.18 Å². The fourth-order valence-electron chi connectivity index (χ4n) is 3.21. The first kappa shape index (κ1) is 20.9. The average Bonchev–Trinajstić information content (AvgIpc) is 3.21. The number of hydrogen-bond donors (Lipinski definition) is 3. The van der Waals surface area contributed by atoms with E-state index < -0.39 is 17.8 Å². The molecule has 6 nitrogen and oxygen atoms in total. The Morgan fingerprint density at radius 1 is 1.14 bits per heavy atom. The SMILES string of the molecule is COc1ccc(C2CC(C(=O)NCc3cccc(C(F)(F)F)c3)NN2)c(OC)c1. The summed E-state index contributed by atoms with van der Waals surface area (Å²) < 4.78 is 49.0. The van der Waals surface area contributed by atoms with Crippen molar-refractivity contribution in [1.82, 2.24) is 16.2 Å². The molecule has 156 valence electrons. The lowest BCUT2D eigenvalue weighted by atomic mass is 10.0. The molecule has 1 aliphatic heterocycles. The molecule has 1 fully saturated rings. The Hall–Kier alpha value is -2.78. The van der Waals surface area contributed by atoms with E-state index in [-0.39, 0.29) is 18.5 Å². The number of amides is 1. The second-order valence-electron chi connectivity index (χ2n) is 6.65. The molecule has 0 radical (unpaired) electrons. The van der Waals surface area contributed by atoms with Crippen LogP contribution >= 0.6 is 0 Å². The van der Waals surface area contributed by atoms with Crippen molar-refractivity contribution in [2.24, 2.45) is 0 Å². The largest absolute Gasteiger partial charge is 0.497 e. The van der Waals surface area contributed by atoms with Crippen LogP contribution in [0.15, 0.2) is 42.5 Å². The van der Waals surface area contributed by atoms with Gasteiger partial charge in [0.15, 0.2) is 0 Å².